The molecule has 0 bridgehead atoms. The molecule has 0 aliphatic rings. The largest absolute Gasteiger partial charge is 0.493 e. The van der Waals surface area contributed by atoms with Crippen molar-refractivity contribution in [2.45, 2.75) is 65.3 Å². The fraction of sp³-hybridized carbons (Fsp3) is 0.481. The van der Waals surface area contributed by atoms with E-state index in [9.17, 15) is 9.59 Å². The summed E-state index contributed by atoms with van der Waals surface area (Å²) in [4.78, 5) is 24.8. The lowest BCUT2D eigenvalue weighted by Crippen LogP contribution is -2.38. The van der Waals surface area contributed by atoms with E-state index in [-0.39, 0.29) is 17.9 Å². The molecule has 2 amide bonds. The highest BCUT2D eigenvalue weighted by Gasteiger charge is 2.16. The SMILES string of the molecule is CCCCC(=O)NCC(NC(=O)Cc1ccccc1)c1ccc(OCC(C)CCC)cc1. The smallest absolute Gasteiger partial charge is 0.224 e. The van der Waals surface area contributed by atoms with Gasteiger partial charge in [0.25, 0.3) is 0 Å². The second-order valence-electron chi connectivity index (χ2n) is 8.46. The molecular formula is C27H38N2O3. The van der Waals surface area contributed by atoms with Crippen molar-refractivity contribution in [3.63, 3.8) is 0 Å². The van der Waals surface area contributed by atoms with E-state index in [0.717, 1.165) is 42.6 Å². The lowest BCUT2D eigenvalue weighted by Gasteiger charge is -2.21. The molecule has 5 nitrogen and oxygen atoms in total. The standard InChI is InChI=1S/C27H38N2O3/c1-4-6-13-26(30)28-19-25(29-27(31)18-22-11-8-7-9-12-22)23-14-16-24(17-15-23)32-20-21(3)10-5-2/h7-9,11-12,14-17,21,25H,4-6,10,13,18-20H2,1-3H3,(H,28,30)(H,29,31). The lowest BCUT2D eigenvalue weighted by molar-refractivity contribution is -0.123. The Hall–Kier alpha value is -2.82. The topological polar surface area (TPSA) is 67.4 Å². The number of amides is 2. The van der Waals surface area contributed by atoms with Crippen LogP contribution >= 0.6 is 0 Å². The van der Waals surface area contributed by atoms with Crippen LogP contribution in [-0.2, 0) is 16.0 Å². The van der Waals surface area contributed by atoms with E-state index in [2.05, 4.69) is 31.4 Å². The third kappa shape index (κ3) is 9.54. The molecule has 32 heavy (non-hydrogen) atoms. The summed E-state index contributed by atoms with van der Waals surface area (Å²) in [6, 6.07) is 17.2. The monoisotopic (exact) mass is 438 g/mol. The molecule has 0 fully saturated rings. The van der Waals surface area contributed by atoms with Crippen LogP contribution in [0.4, 0.5) is 0 Å². The number of rotatable bonds is 14. The zero-order valence-electron chi connectivity index (χ0n) is 19.7. The van der Waals surface area contributed by atoms with E-state index < -0.39 is 0 Å². The van der Waals surface area contributed by atoms with Gasteiger partial charge in [0, 0.05) is 13.0 Å². The minimum absolute atomic E-state index is 0.0130. The molecule has 2 aromatic rings. The van der Waals surface area contributed by atoms with Gasteiger partial charge in [-0.25, -0.2) is 0 Å². The number of unbranched alkanes of at least 4 members (excludes halogenated alkanes) is 1. The van der Waals surface area contributed by atoms with E-state index in [1.165, 1.54) is 0 Å². The zero-order valence-corrected chi connectivity index (χ0v) is 19.7. The Balaban J connectivity index is 2.02. The van der Waals surface area contributed by atoms with Crippen molar-refractivity contribution >= 4 is 11.8 Å². The summed E-state index contributed by atoms with van der Waals surface area (Å²) >= 11 is 0. The van der Waals surface area contributed by atoms with Crippen molar-refractivity contribution in [3.05, 3.63) is 65.7 Å². The number of carbonyl (C=O) groups is 2. The molecule has 0 radical (unpaired) electrons. The number of nitrogens with one attached hydrogen (secondary N) is 2. The predicted octanol–water partition coefficient (Wildman–Crippen LogP) is 5.21. The van der Waals surface area contributed by atoms with Crippen LogP contribution in [0, 0.1) is 5.92 Å². The Morgan fingerprint density at radius 3 is 2.31 bits per heavy atom. The normalized spacial score (nSPS) is 12.6. The third-order valence-electron chi connectivity index (χ3n) is 5.40. The van der Waals surface area contributed by atoms with E-state index in [0.29, 0.717) is 31.9 Å². The van der Waals surface area contributed by atoms with E-state index in [1.807, 2.05) is 54.6 Å². The maximum absolute atomic E-state index is 12.7. The maximum Gasteiger partial charge on any atom is 0.224 e. The van der Waals surface area contributed by atoms with Gasteiger partial charge in [-0.3, -0.25) is 9.59 Å². The molecule has 0 spiro atoms. The molecular weight excluding hydrogens is 400 g/mol. The molecule has 2 unspecified atom stereocenters. The molecule has 0 aliphatic carbocycles. The Morgan fingerprint density at radius 1 is 0.938 bits per heavy atom. The van der Waals surface area contributed by atoms with Gasteiger partial charge in [0.1, 0.15) is 5.75 Å². The van der Waals surface area contributed by atoms with Gasteiger partial charge in [0.15, 0.2) is 0 Å². The number of hydrogen-bond acceptors (Lipinski definition) is 3. The van der Waals surface area contributed by atoms with Crippen LogP contribution in [0.5, 0.6) is 5.75 Å². The van der Waals surface area contributed by atoms with Gasteiger partial charge in [-0.05, 0) is 42.0 Å². The van der Waals surface area contributed by atoms with E-state index >= 15 is 0 Å². The second kappa shape index (κ2) is 14.3. The predicted molar refractivity (Wildman–Crippen MR) is 130 cm³/mol. The second-order valence-corrected chi connectivity index (χ2v) is 8.46. The third-order valence-corrected chi connectivity index (χ3v) is 5.40. The summed E-state index contributed by atoms with van der Waals surface area (Å²) in [6.07, 6.45) is 4.94. The highest BCUT2D eigenvalue weighted by atomic mass is 16.5. The van der Waals surface area contributed by atoms with Gasteiger partial charge in [-0.15, -0.1) is 0 Å². The molecule has 0 aliphatic heterocycles. The first-order valence-corrected chi connectivity index (χ1v) is 11.8. The average Bonchev–Trinajstić information content (AvgIpc) is 2.80. The minimum atomic E-state index is -0.301. The number of carbonyl (C=O) groups excluding carboxylic acids is 2. The van der Waals surface area contributed by atoms with Crippen LogP contribution in [0.1, 0.15) is 70.0 Å². The van der Waals surface area contributed by atoms with Crippen molar-refractivity contribution in [2.75, 3.05) is 13.2 Å². The molecule has 0 aromatic heterocycles. The van der Waals surface area contributed by atoms with Gasteiger partial charge < -0.3 is 15.4 Å². The van der Waals surface area contributed by atoms with Crippen LogP contribution in [-0.4, -0.2) is 25.0 Å². The highest BCUT2D eigenvalue weighted by Crippen LogP contribution is 2.19. The van der Waals surface area contributed by atoms with Crippen molar-refractivity contribution in [1.82, 2.24) is 10.6 Å². The van der Waals surface area contributed by atoms with Gasteiger partial charge in [0.2, 0.25) is 11.8 Å². The van der Waals surface area contributed by atoms with Gasteiger partial charge in [-0.1, -0.05) is 76.1 Å². The summed E-state index contributed by atoms with van der Waals surface area (Å²) in [5.74, 6) is 1.28. The number of hydrogen-bond donors (Lipinski definition) is 2. The fourth-order valence-corrected chi connectivity index (χ4v) is 3.53. The summed E-state index contributed by atoms with van der Waals surface area (Å²) in [5.41, 5.74) is 1.90. The summed E-state index contributed by atoms with van der Waals surface area (Å²) in [6.45, 7) is 7.48. The van der Waals surface area contributed by atoms with Crippen molar-refractivity contribution in [3.8, 4) is 5.75 Å². The minimum Gasteiger partial charge on any atom is -0.493 e. The Bertz CT molecular complexity index is 805. The Labute approximate surface area is 192 Å². The molecule has 5 heteroatoms. The highest BCUT2D eigenvalue weighted by molar-refractivity contribution is 5.79. The number of benzene rings is 2. The lowest BCUT2D eigenvalue weighted by atomic mass is 10.0. The maximum atomic E-state index is 12.7. The molecule has 174 valence electrons. The molecule has 2 atom stereocenters. The zero-order chi connectivity index (χ0) is 23.2. The molecule has 2 rings (SSSR count). The van der Waals surface area contributed by atoms with E-state index in [4.69, 9.17) is 4.74 Å². The van der Waals surface area contributed by atoms with Crippen molar-refractivity contribution < 1.29 is 14.3 Å². The van der Waals surface area contributed by atoms with Crippen LogP contribution in [0.25, 0.3) is 0 Å². The van der Waals surface area contributed by atoms with Crippen molar-refractivity contribution in [2.24, 2.45) is 5.92 Å². The first-order chi connectivity index (χ1) is 15.5. The summed E-state index contributed by atoms with van der Waals surface area (Å²) < 4.78 is 5.90. The first kappa shape index (κ1) is 25.4. The van der Waals surface area contributed by atoms with Gasteiger partial charge in [0.05, 0.1) is 19.1 Å². The Kier molecular flexibility index (Phi) is 11.4. The van der Waals surface area contributed by atoms with Gasteiger partial charge in [-0.2, -0.15) is 0 Å². The molecule has 0 heterocycles. The van der Waals surface area contributed by atoms with Crippen LogP contribution in [0.2, 0.25) is 0 Å². The summed E-state index contributed by atoms with van der Waals surface area (Å²) in [7, 11) is 0. The molecule has 0 saturated carbocycles. The van der Waals surface area contributed by atoms with Crippen LogP contribution in [0.15, 0.2) is 54.6 Å². The van der Waals surface area contributed by atoms with Crippen LogP contribution < -0.4 is 15.4 Å². The number of ether oxygens (including phenoxy) is 1. The molecule has 2 aromatic carbocycles. The summed E-state index contributed by atoms with van der Waals surface area (Å²) in [5, 5.41) is 6.05. The van der Waals surface area contributed by atoms with Crippen molar-refractivity contribution in [1.29, 1.82) is 0 Å². The quantitative estimate of drug-likeness (QED) is 0.426. The fourth-order valence-electron chi connectivity index (χ4n) is 3.53. The van der Waals surface area contributed by atoms with Crippen LogP contribution in [0.3, 0.4) is 0 Å². The molecule has 2 N–H and O–H groups in total. The van der Waals surface area contributed by atoms with E-state index in [1.54, 1.807) is 0 Å². The average molecular weight is 439 g/mol. The Morgan fingerprint density at radius 2 is 1.66 bits per heavy atom. The first-order valence-electron chi connectivity index (χ1n) is 11.8. The molecule has 0 saturated heterocycles. The van der Waals surface area contributed by atoms with Gasteiger partial charge >= 0.3 is 0 Å².